The summed E-state index contributed by atoms with van der Waals surface area (Å²) in [4.78, 5) is 12.1. The average Bonchev–Trinajstić information content (AvgIpc) is 2.81. The van der Waals surface area contributed by atoms with Crippen LogP contribution >= 0.6 is 0 Å². The number of rotatable bonds is 5. The van der Waals surface area contributed by atoms with Crippen molar-refractivity contribution in [2.24, 2.45) is 7.05 Å². The molecule has 1 aliphatic rings. The molecule has 19 heavy (non-hydrogen) atoms. The Balaban J connectivity index is 1.80. The zero-order chi connectivity index (χ0) is 13.7. The molecule has 5 heteroatoms. The fourth-order valence-electron chi connectivity index (χ4n) is 2.61. The maximum atomic E-state index is 12.1. The van der Waals surface area contributed by atoms with E-state index in [4.69, 9.17) is 0 Å². The Morgan fingerprint density at radius 1 is 1.58 bits per heavy atom. The third-order valence-electron chi connectivity index (χ3n) is 3.68. The molecule has 1 saturated heterocycles. The second kappa shape index (κ2) is 6.70. The lowest BCUT2D eigenvalue weighted by Crippen LogP contribution is -2.37. The van der Waals surface area contributed by atoms with Gasteiger partial charge in [0.2, 0.25) is 0 Å². The lowest BCUT2D eigenvalue weighted by atomic mass is 10.0. The van der Waals surface area contributed by atoms with E-state index in [9.17, 15) is 4.79 Å². The van der Waals surface area contributed by atoms with E-state index in [0.29, 0.717) is 11.6 Å². The van der Waals surface area contributed by atoms with E-state index in [-0.39, 0.29) is 5.91 Å². The summed E-state index contributed by atoms with van der Waals surface area (Å²) in [5.74, 6) is 0.000703. The average molecular weight is 264 g/mol. The van der Waals surface area contributed by atoms with Gasteiger partial charge in [0, 0.05) is 25.8 Å². The van der Waals surface area contributed by atoms with Crippen LogP contribution < -0.4 is 10.6 Å². The summed E-state index contributed by atoms with van der Waals surface area (Å²) in [7, 11) is 1.85. The van der Waals surface area contributed by atoms with E-state index in [2.05, 4.69) is 15.7 Å². The molecule has 1 aromatic rings. The molecule has 1 aromatic heterocycles. The fourth-order valence-corrected chi connectivity index (χ4v) is 2.61. The molecular formula is C14H24N4O. The minimum Gasteiger partial charge on any atom is -0.352 e. The number of piperidine rings is 1. The molecule has 1 amide bonds. The molecule has 2 rings (SSSR count). The molecule has 2 N–H and O–H groups in total. The van der Waals surface area contributed by atoms with Crippen molar-refractivity contribution in [3.8, 4) is 0 Å². The topological polar surface area (TPSA) is 59.0 Å². The second-order valence-electron chi connectivity index (χ2n) is 5.21. The first-order chi connectivity index (χ1) is 9.20. The van der Waals surface area contributed by atoms with E-state index in [0.717, 1.165) is 31.6 Å². The number of aryl methyl sites for hydroxylation is 2. The van der Waals surface area contributed by atoms with Crippen molar-refractivity contribution in [3.63, 3.8) is 0 Å². The van der Waals surface area contributed by atoms with Crippen LogP contribution in [0.5, 0.6) is 0 Å². The number of carbonyl (C=O) groups excluding carboxylic acids is 1. The van der Waals surface area contributed by atoms with Crippen molar-refractivity contribution < 1.29 is 4.79 Å². The summed E-state index contributed by atoms with van der Waals surface area (Å²) >= 11 is 0. The van der Waals surface area contributed by atoms with Gasteiger partial charge in [-0.1, -0.05) is 13.3 Å². The second-order valence-corrected chi connectivity index (χ2v) is 5.21. The van der Waals surface area contributed by atoms with Crippen LogP contribution in [0.2, 0.25) is 0 Å². The molecule has 0 radical (unpaired) electrons. The number of nitrogens with zero attached hydrogens (tertiary/aromatic N) is 2. The highest BCUT2D eigenvalue weighted by Gasteiger charge is 2.15. The zero-order valence-corrected chi connectivity index (χ0v) is 11.9. The SMILES string of the molecule is CCc1nn(C)cc1C(=O)NCCC1CCCCN1. The third kappa shape index (κ3) is 3.80. The Hall–Kier alpha value is -1.36. The van der Waals surface area contributed by atoms with Crippen molar-refractivity contribution in [1.82, 2.24) is 20.4 Å². The Morgan fingerprint density at radius 2 is 2.42 bits per heavy atom. The molecule has 0 bridgehead atoms. The Kier molecular flexibility index (Phi) is 4.96. The number of amides is 1. The normalized spacial score (nSPS) is 19.4. The number of carbonyl (C=O) groups is 1. The highest BCUT2D eigenvalue weighted by atomic mass is 16.1. The summed E-state index contributed by atoms with van der Waals surface area (Å²) in [6.45, 7) is 3.86. The van der Waals surface area contributed by atoms with Crippen molar-refractivity contribution in [1.29, 1.82) is 0 Å². The summed E-state index contributed by atoms with van der Waals surface area (Å²) < 4.78 is 1.70. The molecule has 1 aliphatic heterocycles. The van der Waals surface area contributed by atoms with Crippen LogP contribution in [0.25, 0.3) is 0 Å². The summed E-state index contributed by atoms with van der Waals surface area (Å²) in [5.41, 5.74) is 1.58. The molecule has 0 spiro atoms. The van der Waals surface area contributed by atoms with Gasteiger partial charge in [-0.15, -0.1) is 0 Å². The summed E-state index contributed by atoms with van der Waals surface area (Å²) in [6.07, 6.45) is 7.39. The highest BCUT2D eigenvalue weighted by molar-refractivity contribution is 5.95. The van der Waals surface area contributed by atoms with Crippen molar-refractivity contribution in [3.05, 3.63) is 17.5 Å². The van der Waals surface area contributed by atoms with Crippen molar-refractivity contribution in [2.45, 2.75) is 45.1 Å². The molecular weight excluding hydrogens is 240 g/mol. The minimum absolute atomic E-state index is 0.000703. The van der Waals surface area contributed by atoms with Gasteiger partial charge in [-0.05, 0) is 32.2 Å². The molecule has 2 heterocycles. The third-order valence-corrected chi connectivity index (χ3v) is 3.68. The lowest BCUT2D eigenvalue weighted by Gasteiger charge is -2.23. The molecule has 0 aliphatic carbocycles. The lowest BCUT2D eigenvalue weighted by molar-refractivity contribution is 0.0950. The Morgan fingerprint density at radius 3 is 3.11 bits per heavy atom. The van der Waals surface area contributed by atoms with E-state index in [1.807, 2.05) is 14.0 Å². The van der Waals surface area contributed by atoms with Gasteiger partial charge in [-0.25, -0.2) is 0 Å². The van der Waals surface area contributed by atoms with E-state index in [1.54, 1.807) is 10.9 Å². The minimum atomic E-state index is 0.000703. The van der Waals surface area contributed by atoms with Gasteiger partial charge in [0.05, 0.1) is 11.3 Å². The highest BCUT2D eigenvalue weighted by Crippen LogP contribution is 2.10. The van der Waals surface area contributed by atoms with Crippen LogP contribution in [0.1, 0.15) is 48.7 Å². The first-order valence-corrected chi connectivity index (χ1v) is 7.24. The molecule has 1 atom stereocenters. The summed E-state index contributed by atoms with van der Waals surface area (Å²) in [6, 6.07) is 0.564. The summed E-state index contributed by atoms with van der Waals surface area (Å²) in [5, 5.41) is 10.8. The van der Waals surface area contributed by atoms with Gasteiger partial charge in [0.25, 0.3) is 5.91 Å². The van der Waals surface area contributed by atoms with Crippen molar-refractivity contribution in [2.75, 3.05) is 13.1 Å². The van der Waals surface area contributed by atoms with Gasteiger partial charge in [0.15, 0.2) is 0 Å². The van der Waals surface area contributed by atoms with Crippen molar-refractivity contribution >= 4 is 5.91 Å². The quantitative estimate of drug-likeness (QED) is 0.841. The van der Waals surface area contributed by atoms with Gasteiger partial charge < -0.3 is 10.6 Å². The monoisotopic (exact) mass is 264 g/mol. The maximum absolute atomic E-state index is 12.1. The van der Waals surface area contributed by atoms with Crippen LogP contribution in [-0.4, -0.2) is 34.8 Å². The molecule has 5 nitrogen and oxygen atoms in total. The predicted molar refractivity (Wildman–Crippen MR) is 75.2 cm³/mol. The van der Waals surface area contributed by atoms with Crippen LogP contribution in [0.3, 0.4) is 0 Å². The predicted octanol–water partition coefficient (Wildman–Crippen LogP) is 1.24. The smallest absolute Gasteiger partial charge is 0.254 e. The molecule has 0 saturated carbocycles. The first kappa shape index (κ1) is 14.1. The van der Waals surface area contributed by atoms with Gasteiger partial charge in [0.1, 0.15) is 0 Å². The van der Waals surface area contributed by atoms with Gasteiger partial charge in [-0.3, -0.25) is 9.48 Å². The van der Waals surface area contributed by atoms with E-state index in [1.165, 1.54) is 19.3 Å². The number of aromatic nitrogens is 2. The standard InChI is InChI=1S/C14H24N4O/c1-3-13-12(10-18(2)17-13)14(19)16-9-7-11-6-4-5-8-15-11/h10-11,15H,3-9H2,1-2H3,(H,16,19). The van der Waals surface area contributed by atoms with Crippen LogP contribution in [0.4, 0.5) is 0 Å². The molecule has 106 valence electrons. The number of hydrogen-bond acceptors (Lipinski definition) is 3. The number of hydrogen-bond donors (Lipinski definition) is 2. The first-order valence-electron chi connectivity index (χ1n) is 7.24. The van der Waals surface area contributed by atoms with E-state index >= 15 is 0 Å². The van der Waals surface area contributed by atoms with Gasteiger partial charge in [-0.2, -0.15) is 5.10 Å². The molecule has 1 unspecified atom stereocenters. The van der Waals surface area contributed by atoms with Crippen LogP contribution in [-0.2, 0) is 13.5 Å². The molecule has 1 fully saturated rings. The van der Waals surface area contributed by atoms with Crippen LogP contribution in [0, 0.1) is 0 Å². The number of nitrogens with one attached hydrogen (secondary N) is 2. The Labute approximate surface area is 114 Å². The molecule has 0 aromatic carbocycles. The van der Waals surface area contributed by atoms with Gasteiger partial charge >= 0.3 is 0 Å². The van der Waals surface area contributed by atoms with E-state index < -0.39 is 0 Å². The zero-order valence-electron chi connectivity index (χ0n) is 11.9. The maximum Gasteiger partial charge on any atom is 0.254 e. The largest absolute Gasteiger partial charge is 0.352 e. The Bertz CT molecular complexity index is 421. The van der Waals surface area contributed by atoms with Crippen LogP contribution in [0.15, 0.2) is 6.20 Å². The fraction of sp³-hybridized carbons (Fsp3) is 0.714.